The van der Waals surface area contributed by atoms with Crippen LogP contribution in [0.15, 0.2) is 79.0 Å². The molecule has 4 aromatic rings. The third-order valence-corrected chi connectivity index (χ3v) is 6.99. The summed E-state index contributed by atoms with van der Waals surface area (Å²) in [6.07, 6.45) is 2.58. The summed E-state index contributed by atoms with van der Waals surface area (Å²) in [5.74, 6) is -0.526. The summed E-state index contributed by atoms with van der Waals surface area (Å²) in [5, 5.41) is 0.904. The minimum atomic E-state index is -0.272. The molecule has 3 heterocycles. The van der Waals surface area contributed by atoms with E-state index in [0.717, 1.165) is 22.9 Å². The Kier molecular flexibility index (Phi) is 4.89. The molecule has 6 nitrogen and oxygen atoms in total. The summed E-state index contributed by atoms with van der Waals surface area (Å²) in [5.41, 5.74) is 4.74. The first-order chi connectivity index (χ1) is 16.6. The molecule has 0 saturated heterocycles. The maximum absolute atomic E-state index is 13.4. The number of benzene rings is 3. The molecular formula is C28H23N3O3. The van der Waals surface area contributed by atoms with Crippen molar-refractivity contribution in [3.8, 4) is 0 Å². The molecule has 2 aliphatic rings. The van der Waals surface area contributed by atoms with Gasteiger partial charge in [-0.2, -0.15) is 0 Å². The van der Waals surface area contributed by atoms with Crippen LogP contribution < -0.4 is 0 Å². The maximum Gasteiger partial charge on any atom is 0.261 e. The Labute approximate surface area is 196 Å². The second-order valence-electron chi connectivity index (χ2n) is 8.87. The standard InChI is InChI=1S/C28H23N3O3/c32-26(23-15-29-24-12-6-5-9-20(23)24)17-30-14-13-18-7-1-2-8-19(18)25(30)16-31-27(33)21-10-3-4-11-22(21)28(31)34/h1-12,15,25,29H,13-14,16-17H2. The van der Waals surface area contributed by atoms with Crippen LogP contribution in [0.25, 0.3) is 10.9 Å². The van der Waals surface area contributed by atoms with Gasteiger partial charge < -0.3 is 4.98 Å². The highest BCUT2D eigenvalue weighted by atomic mass is 16.2. The summed E-state index contributed by atoms with van der Waals surface area (Å²) < 4.78 is 0. The molecule has 6 heteroatoms. The number of nitrogens with zero attached hydrogens (tertiary/aromatic N) is 2. The van der Waals surface area contributed by atoms with E-state index in [1.807, 2.05) is 42.5 Å². The molecule has 0 radical (unpaired) electrons. The molecule has 168 valence electrons. The lowest BCUT2D eigenvalue weighted by Crippen LogP contribution is -2.45. The molecule has 0 spiro atoms. The fraction of sp³-hybridized carbons (Fsp3) is 0.179. The zero-order valence-corrected chi connectivity index (χ0v) is 18.5. The number of Topliss-reactive ketones (excluding diaryl/α,β-unsaturated/α-hetero) is 1. The summed E-state index contributed by atoms with van der Waals surface area (Å²) >= 11 is 0. The van der Waals surface area contributed by atoms with E-state index in [2.05, 4.69) is 16.0 Å². The number of aromatic nitrogens is 1. The zero-order valence-electron chi connectivity index (χ0n) is 18.5. The van der Waals surface area contributed by atoms with Crippen LogP contribution in [0.1, 0.15) is 48.2 Å². The second kappa shape index (κ2) is 8.08. The fourth-order valence-corrected chi connectivity index (χ4v) is 5.26. The van der Waals surface area contributed by atoms with Crippen molar-refractivity contribution >= 4 is 28.5 Å². The molecule has 2 amide bonds. The van der Waals surface area contributed by atoms with E-state index < -0.39 is 0 Å². The van der Waals surface area contributed by atoms with Gasteiger partial charge in [0.25, 0.3) is 11.8 Å². The van der Waals surface area contributed by atoms with E-state index in [-0.39, 0.29) is 36.7 Å². The molecule has 1 atom stereocenters. The van der Waals surface area contributed by atoms with Gasteiger partial charge in [0.2, 0.25) is 0 Å². The van der Waals surface area contributed by atoms with E-state index in [1.54, 1.807) is 30.5 Å². The van der Waals surface area contributed by atoms with Crippen molar-refractivity contribution in [3.63, 3.8) is 0 Å². The van der Waals surface area contributed by atoms with E-state index in [1.165, 1.54) is 10.5 Å². The smallest absolute Gasteiger partial charge is 0.261 e. The third-order valence-electron chi connectivity index (χ3n) is 6.99. The Morgan fingerprint density at radius 3 is 2.35 bits per heavy atom. The van der Waals surface area contributed by atoms with Gasteiger partial charge in [-0.1, -0.05) is 54.6 Å². The van der Waals surface area contributed by atoms with E-state index in [0.29, 0.717) is 23.2 Å². The van der Waals surface area contributed by atoms with Crippen LogP contribution in [0.5, 0.6) is 0 Å². The van der Waals surface area contributed by atoms with Gasteiger partial charge in [-0.05, 0) is 35.7 Å². The van der Waals surface area contributed by atoms with Gasteiger partial charge in [0.05, 0.1) is 23.7 Å². The first kappa shape index (κ1) is 20.6. The topological polar surface area (TPSA) is 73.5 Å². The molecular weight excluding hydrogens is 426 g/mol. The highest BCUT2D eigenvalue weighted by molar-refractivity contribution is 6.21. The van der Waals surface area contributed by atoms with Crippen molar-refractivity contribution in [2.75, 3.05) is 19.6 Å². The van der Waals surface area contributed by atoms with Crippen LogP contribution in [0.2, 0.25) is 0 Å². The second-order valence-corrected chi connectivity index (χ2v) is 8.87. The van der Waals surface area contributed by atoms with Crippen molar-refractivity contribution in [2.24, 2.45) is 0 Å². The lowest BCUT2D eigenvalue weighted by Gasteiger charge is -2.38. The van der Waals surface area contributed by atoms with Crippen LogP contribution in [-0.4, -0.2) is 52.0 Å². The number of carbonyl (C=O) groups is 3. The largest absolute Gasteiger partial charge is 0.360 e. The van der Waals surface area contributed by atoms with E-state index in [9.17, 15) is 14.4 Å². The summed E-state index contributed by atoms with van der Waals surface area (Å²) in [6, 6.07) is 22.6. The van der Waals surface area contributed by atoms with Crippen molar-refractivity contribution in [1.29, 1.82) is 0 Å². The first-order valence-electron chi connectivity index (χ1n) is 11.5. The molecule has 0 fully saturated rings. The molecule has 1 unspecified atom stereocenters. The number of carbonyl (C=O) groups excluding carboxylic acids is 3. The number of ketones is 1. The number of nitrogens with one attached hydrogen (secondary N) is 1. The van der Waals surface area contributed by atoms with Gasteiger partial charge in [0.15, 0.2) is 5.78 Å². The SMILES string of the molecule is O=C(CN1CCc2ccccc2C1CN1C(=O)c2ccccc2C1=O)c1c[nH]c2ccccc12. The molecule has 0 saturated carbocycles. The van der Waals surface area contributed by atoms with Crippen molar-refractivity contribution in [3.05, 3.63) is 107 Å². The number of para-hydroxylation sites is 1. The average molecular weight is 450 g/mol. The normalized spacial score (nSPS) is 17.8. The molecule has 1 aromatic heterocycles. The van der Waals surface area contributed by atoms with Crippen LogP contribution in [0.4, 0.5) is 0 Å². The first-order valence-corrected chi connectivity index (χ1v) is 11.5. The van der Waals surface area contributed by atoms with E-state index >= 15 is 0 Å². The number of rotatable bonds is 5. The summed E-state index contributed by atoms with van der Waals surface area (Å²) in [6.45, 7) is 1.10. The summed E-state index contributed by atoms with van der Waals surface area (Å²) in [4.78, 5) is 46.1. The van der Waals surface area contributed by atoms with Crippen LogP contribution in [0.3, 0.4) is 0 Å². The highest BCUT2D eigenvalue weighted by Crippen LogP contribution is 2.33. The maximum atomic E-state index is 13.4. The van der Waals surface area contributed by atoms with Crippen molar-refractivity contribution < 1.29 is 14.4 Å². The number of hydrogen-bond acceptors (Lipinski definition) is 4. The number of imide groups is 1. The predicted octanol–water partition coefficient (Wildman–Crippen LogP) is 4.25. The molecule has 6 rings (SSSR count). The Hall–Kier alpha value is -4.03. The molecule has 2 aliphatic heterocycles. The van der Waals surface area contributed by atoms with E-state index in [4.69, 9.17) is 0 Å². The quantitative estimate of drug-likeness (QED) is 0.365. The predicted molar refractivity (Wildman–Crippen MR) is 129 cm³/mol. The van der Waals surface area contributed by atoms with Crippen LogP contribution in [0, 0.1) is 0 Å². The van der Waals surface area contributed by atoms with Gasteiger partial charge in [-0.15, -0.1) is 0 Å². The molecule has 34 heavy (non-hydrogen) atoms. The molecule has 3 aromatic carbocycles. The van der Waals surface area contributed by atoms with Gasteiger partial charge >= 0.3 is 0 Å². The zero-order chi connectivity index (χ0) is 23.2. The molecule has 0 aliphatic carbocycles. The fourth-order valence-electron chi connectivity index (χ4n) is 5.26. The average Bonchev–Trinajstić information content (AvgIpc) is 3.41. The van der Waals surface area contributed by atoms with Gasteiger partial charge in [0.1, 0.15) is 0 Å². The lowest BCUT2D eigenvalue weighted by molar-refractivity contribution is 0.0574. The van der Waals surface area contributed by atoms with Gasteiger partial charge in [-0.3, -0.25) is 24.2 Å². The Morgan fingerprint density at radius 1 is 0.882 bits per heavy atom. The number of aromatic amines is 1. The van der Waals surface area contributed by atoms with Crippen LogP contribution >= 0.6 is 0 Å². The Balaban J connectivity index is 1.32. The number of fused-ring (bicyclic) bond motifs is 3. The van der Waals surface area contributed by atoms with Gasteiger partial charge in [-0.25, -0.2) is 0 Å². The monoisotopic (exact) mass is 449 g/mol. The molecule has 0 bridgehead atoms. The van der Waals surface area contributed by atoms with Crippen molar-refractivity contribution in [2.45, 2.75) is 12.5 Å². The van der Waals surface area contributed by atoms with Crippen molar-refractivity contribution in [1.82, 2.24) is 14.8 Å². The van der Waals surface area contributed by atoms with Crippen LogP contribution in [-0.2, 0) is 6.42 Å². The Bertz CT molecular complexity index is 1420. The lowest BCUT2D eigenvalue weighted by atomic mass is 9.91. The minimum Gasteiger partial charge on any atom is -0.360 e. The number of H-pyrrole nitrogens is 1. The Morgan fingerprint density at radius 2 is 1.56 bits per heavy atom. The third kappa shape index (κ3) is 3.26. The van der Waals surface area contributed by atoms with Gasteiger partial charge in [0, 0.05) is 35.8 Å². The summed E-state index contributed by atoms with van der Waals surface area (Å²) in [7, 11) is 0. The number of hydrogen-bond donors (Lipinski definition) is 1. The number of amides is 2. The molecule has 1 N–H and O–H groups in total. The highest BCUT2D eigenvalue weighted by Gasteiger charge is 2.39. The minimum absolute atomic E-state index is 0.0178.